The molecule has 34 heavy (non-hydrogen) atoms. The number of thiophene rings is 1. The van der Waals surface area contributed by atoms with E-state index in [1.165, 1.54) is 24.1 Å². The highest BCUT2D eigenvalue weighted by Crippen LogP contribution is 2.28. The molecule has 0 bridgehead atoms. The minimum Gasteiger partial charge on any atom is -0.433 e. The van der Waals surface area contributed by atoms with Crippen LogP contribution in [0.3, 0.4) is 0 Å². The number of benzene rings is 1. The second kappa shape index (κ2) is 9.90. The predicted octanol–water partition coefficient (Wildman–Crippen LogP) is 4.02. The molecule has 2 aliphatic rings. The van der Waals surface area contributed by atoms with E-state index >= 15 is 0 Å². The Hall–Kier alpha value is -3.31. The molecule has 0 aliphatic carbocycles. The lowest BCUT2D eigenvalue weighted by atomic mass is 10.0. The van der Waals surface area contributed by atoms with Gasteiger partial charge >= 0.3 is 12.1 Å². The fourth-order valence-electron chi connectivity index (χ4n) is 3.77. The average Bonchev–Trinajstić information content (AvgIpc) is 3.32. The second-order valence-electron chi connectivity index (χ2n) is 7.94. The van der Waals surface area contributed by atoms with Crippen molar-refractivity contribution in [3.8, 4) is 5.75 Å². The summed E-state index contributed by atoms with van der Waals surface area (Å²) < 4.78 is 36.0. The first-order valence-corrected chi connectivity index (χ1v) is 11.5. The van der Waals surface area contributed by atoms with Gasteiger partial charge in [-0.3, -0.25) is 9.69 Å². The minimum atomic E-state index is -3.30. The number of rotatable bonds is 7. The zero-order valence-electron chi connectivity index (χ0n) is 18.6. The highest BCUT2D eigenvalue weighted by Gasteiger charge is 2.33. The largest absolute Gasteiger partial charge is 0.433 e. The Labute approximate surface area is 199 Å². The van der Waals surface area contributed by atoms with Crippen molar-refractivity contribution in [1.82, 2.24) is 15.5 Å². The molecule has 4 rings (SSSR count). The third-order valence-corrected chi connectivity index (χ3v) is 5.96. The van der Waals surface area contributed by atoms with E-state index in [2.05, 4.69) is 20.4 Å². The maximum Gasteiger partial charge on any atom is 0.394 e. The van der Waals surface area contributed by atoms with Crippen LogP contribution >= 0.6 is 11.3 Å². The molecule has 0 saturated heterocycles. The van der Waals surface area contributed by atoms with Crippen molar-refractivity contribution in [2.24, 2.45) is 4.99 Å². The molecular weight excluding hydrogens is 466 g/mol. The van der Waals surface area contributed by atoms with Crippen LogP contribution in [-0.2, 0) is 9.53 Å². The van der Waals surface area contributed by atoms with Gasteiger partial charge in [-0.1, -0.05) is 12.1 Å². The van der Waals surface area contributed by atoms with Crippen LogP contribution < -0.4 is 15.4 Å². The SMILES string of the molecule is COCC(NC(=O)N1CC(=O)NC2=C1N=C(c1ccsc1)CC2)c1ccc(OC(C)(F)F)cc1. The number of carbonyl (C=O) groups is 2. The Morgan fingerprint density at radius 2 is 2.06 bits per heavy atom. The third kappa shape index (κ3) is 5.60. The second-order valence-corrected chi connectivity index (χ2v) is 8.72. The van der Waals surface area contributed by atoms with Crippen molar-refractivity contribution in [2.75, 3.05) is 20.3 Å². The maximum atomic E-state index is 13.3. The smallest absolute Gasteiger partial charge is 0.394 e. The Kier molecular flexibility index (Phi) is 6.94. The van der Waals surface area contributed by atoms with Gasteiger partial charge in [0, 0.05) is 19.6 Å². The van der Waals surface area contributed by atoms with Gasteiger partial charge in [0.2, 0.25) is 5.91 Å². The highest BCUT2D eigenvalue weighted by atomic mass is 32.1. The molecule has 0 fully saturated rings. The number of urea groups is 1. The monoisotopic (exact) mass is 490 g/mol. The van der Waals surface area contributed by atoms with E-state index < -0.39 is 18.2 Å². The van der Waals surface area contributed by atoms with E-state index in [1.807, 2.05) is 16.8 Å². The molecule has 180 valence electrons. The quantitative estimate of drug-likeness (QED) is 0.613. The van der Waals surface area contributed by atoms with Gasteiger partial charge in [-0.2, -0.15) is 20.1 Å². The van der Waals surface area contributed by atoms with Gasteiger partial charge < -0.3 is 20.1 Å². The third-order valence-electron chi connectivity index (χ3n) is 5.28. The van der Waals surface area contributed by atoms with Crippen LogP contribution in [0.15, 0.2) is 57.6 Å². The number of halogens is 2. The van der Waals surface area contributed by atoms with E-state index in [1.54, 1.807) is 23.5 Å². The van der Waals surface area contributed by atoms with Gasteiger partial charge in [-0.05, 0) is 47.4 Å². The van der Waals surface area contributed by atoms with Crippen molar-refractivity contribution >= 4 is 29.0 Å². The number of carbonyl (C=O) groups excluding carboxylic acids is 2. The van der Waals surface area contributed by atoms with Crippen molar-refractivity contribution in [3.63, 3.8) is 0 Å². The number of hydrogen-bond acceptors (Lipinski definition) is 6. The van der Waals surface area contributed by atoms with Gasteiger partial charge in [0.05, 0.1) is 24.1 Å². The molecule has 0 radical (unpaired) electrons. The highest BCUT2D eigenvalue weighted by molar-refractivity contribution is 7.08. The Balaban J connectivity index is 1.54. The van der Waals surface area contributed by atoms with Crippen molar-refractivity contribution in [1.29, 1.82) is 0 Å². The molecule has 1 unspecified atom stereocenters. The van der Waals surface area contributed by atoms with Gasteiger partial charge in [0.15, 0.2) is 5.82 Å². The van der Waals surface area contributed by atoms with Crippen LogP contribution in [-0.4, -0.2) is 48.9 Å². The zero-order chi connectivity index (χ0) is 24.3. The number of nitrogens with zero attached hydrogens (tertiary/aromatic N) is 2. The Morgan fingerprint density at radius 1 is 1.29 bits per heavy atom. The molecule has 3 heterocycles. The summed E-state index contributed by atoms with van der Waals surface area (Å²) in [7, 11) is 1.49. The summed E-state index contributed by atoms with van der Waals surface area (Å²) in [4.78, 5) is 31.5. The molecule has 2 N–H and O–H groups in total. The number of nitrogens with one attached hydrogen (secondary N) is 2. The Morgan fingerprint density at radius 3 is 2.71 bits per heavy atom. The Bertz CT molecular complexity index is 1110. The van der Waals surface area contributed by atoms with E-state index in [4.69, 9.17) is 4.74 Å². The molecule has 2 aliphatic heterocycles. The summed E-state index contributed by atoms with van der Waals surface area (Å²) in [6.45, 7) is 0.610. The fourth-order valence-corrected chi connectivity index (χ4v) is 4.43. The number of hydrogen-bond donors (Lipinski definition) is 2. The van der Waals surface area contributed by atoms with Crippen molar-refractivity contribution < 1.29 is 27.8 Å². The summed E-state index contributed by atoms with van der Waals surface area (Å²) in [5, 5.41) is 9.64. The molecule has 0 saturated carbocycles. The molecule has 1 aromatic heterocycles. The van der Waals surface area contributed by atoms with Crippen LogP contribution in [0, 0.1) is 0 Å². The van der Waals surface area contributed by atoms with E-state index in [9.17, 15) is 18.4 Å². The molecular formula is C23H24F2N4O4S. The number of ether oxygens (including phenoxy) is 2. The molecule has 0 spiro atoms. The van der Waals surface area contributed by atoms with Crippen LogP contribution in [0.5, 0.6) is 5.75 Å². The lowest BCUT2D eigenvalue weighted by Gasteiger charge is -2.33. The van der Waals surface area contributed by atoms with E-state index in [0.717, 1.165) is 11.3 Å². The summed E-state index contributed by atoms with van der Waals surface area (Å²) in [6, 6.07) is 6.81. The van der Waals surface area contributed by atoms with Crippen molar-refractivity contribution in [3.05, 3.63) is 63.7 Å². The van der Waals surface area contributed by atoms with Gasteiger partial charge in [0.1, 0.15) is 12.3 Å². The summed E-state index contributed by atoms with van der Waals surface area (Å²) in [5.74, 6) is 0.113. The number of amides is 3. The summed E-state index contributed by atoms with van der Waals surface area (Å²) in [5.41, 5.74) is 3.08. The van der Waals surface area contributed by atoms with Crippen LogP contribution in [0.1, 0.15) is 36.9 Å². The van der Waals surface area contributed by atoms with Crippen LogP contribution in [0.25, 0.3) is 0 Å². The first kappa shape index (κ1) is 23.8. The van der Waals surface area contributed by atoms with Crippen LogP contribution in [0.4, 0.5) is 13.6 Å². The molecule has 8 nitrogen and oxygen atoms in total. The summed E-state index contributed by atoms with van der Waals surface area (Å²) >= 11 is 1.56. The predicted molar refractivity (Wildman–Crippen MR) is 123 cm³/mol. The topological polar surface area (TPSA) is 92.3 Å². The van der Waals surface area contributed by atoms with Gasteiger partial charge in [0.25, 0.3) is 0 Å². The van der Waals surface area contributed by atoms with Gasteiger partial charge in [-0.15, -0.1) is 0 Å². The lowest BCUT2D eigenvalue weighted by Crippen LogP contribution is -2.51. The van der Waals surface area contributed by atoms with E-state index in [-0.39, 0.29) is 24.8 Å². The van der Waals surface area contributed by atoms with E-state index in [0.29, 0.717) is 36.8 Å². The zero-order valence-corrected chi connectivity index (χ0v) is 19.5. The first-order chi connectivity index (χ1) is 16.2. The minimum absolute atomic E-state index is 0.00116. The standard InChI is InChI=1S/C23H24F2N4O4S/c1-23(24,25)33-16-5-3-14(4-6-16)19(12-32-2)28-22(31)29-11-20(30)26-18-8-7-17(27-21(18)29)15-9-10-34-13-15/h3-6,9-10,13,19H,7-8,11-12H2,1-2H3,(H,26,30)(H,28,31). The number of methoxy groups -OCH3 is 1. The number of allylic oxidation sites excluding steroid dienone is 1. The first-order valence-electron chi connectivity index (χ1n) is 10.6. The molecule has 1 atom stereocenters. The number of alkyl halides is 2. The maximum absolute atomic E-state index is 13.3. The molecule has 2 aromatic rings. The fraction of sp³-hybridized carbons (Fsp3) is 0.348. The molecule has 11 heteroatoms. The van der Waals surface area contributed by atoms with Gasteiger partial charge in [-0.25, -0.2) is 9.79 Å². The average molecular weight is 491 g/mol. The number of aliphatic imine (C=N–C) groups is 1. The lowest BCUT2D eigenvalue weighted by molar-refractivity contribution is -0.159. The molecule has 3 amide bonds. The van der Waals surface area contributed by atoms with Crippen LogP contribution in [0.2, 0.25) is 0 Å². The normalized spacial score (nSPS) is 17.0. The summed E-state index contributed by atoms with van der Waals surface area (Å²) in [6.07, 6.45) is -2.09. The molecule has 1 aromatic carbocycles. The van der Waals surface area contributed by atoms with Crippen molar-refractivity contribution in [2.45, 2.75) is 31.9 Å².